The summed E-state index contributed by atoms with van der Waals surface area (Å²) in [6.07, 6.45) is 0. The van der Waals surface area contributed by atoms with Crippen LogP contribution in [0.15, 0.2) is 82.6 Å². The predicted octanol–water partition coefficient (Wildman–Crippen LogP) is 3.91. The SMILES string of the molecule is CCN(CCNCc1cccc2c1C(S(=O)(=O)c1ccccc1)CS2(=O)=O)c1cccc(C)c1. The zero-order valence-corrected chi connectivity index (χ0v) is 21.1. The molecule has 0 radical (unpaired) electrons. The van der Waals surface area contributed by atoms with Gasteiger partial charge in [-0.15, -0.1) is 0 Å². The first-order valence-electron chi connectivity index (χ1n) is 11.4. The fourth-order valence-corrected chi connectivity index (χ4v) is 8.92. The van der Waals surface area contributed by atoms with Gasteiger partial charge in [0, 0.05) is 31.9 Å². The number of rotatable bonds is 9. The Bertz CT molecular complexity index is 1370. The van der Waals surface area contributed by atoms with Gasteiger partial charge in [-0.2, -0.15) is 0 Å². The number of sulfone groups is 2. The highest BCUT2D eigenvalue weighted by molar-refractivity contribution is 7.96. The van der Waals surface area contributed by atoms with Crippen LogP contribution in [0.4, 0.5) is 5.69 Å². The third-order valence-corrected chi connectivity index (χ3v) is 10.3. The van der Waals surface area contributed by atoms with Crippen molar-refractivity contribution in [2.75, 3.05) is 30.3 Å². The van der Waals surface area contributed by atoms with Gasteiger partial charge >= 0.3 is 0 Å². The van der Waals surface area contributed by atoms with Crippen molar-refractivity contribution in [3.63, 3.8) is 0 Å². The average molecular weight is 499 g/mol. The second kappa shape index (κ2) is 9.90. The summed E-state index contributed by atoms with van der Waals surface area (Å²) in [7, 11) is -7.52. The lowest BCUT2D eigenvalue weighted by Gasteiger charge is -2.24. The lowest BCUT2D eigenvalue weighted by molar-refractivity contribution is 0.581. The molecule has 1 heterocycles. The molecule has 3 aromatic rings. The minimum atomic E-state index is -3.85. The molecule has 1 unspecified atom stereocenters. The molecule has 0 amide bonds. The van der Waals surface area contributed by atoms with E-state index >= 15 is 0 Å². The number of nitrogens with one attached hydrogen (secondary N) is 1. The summed E-state index contributed by atoms with van der Waals surface area (Å²) in [5, 5.41) is 2.28. The fraction of sp³-hybridized carbons (Fsp3) is 0.308. The summed E-state index contributed by atoms with van der Waals surface area (Å²) >= 11 is 0. The average Bonchev–Trinajstić information content (AvgIpc) is 3.12. The molecule has 1 aliphatic rings. The molecule has 0 saturated heterocycles. The van der Waals surface area contributed by atoms with E-state index in [1.807, 2.05) is 12.1 Å². The van der Waals surface area contributed by atoms with Gasteiger partial charge in [0.2, 0.25) is 0 Å². The molecular weight excluding hydrogens is 468 g/mol. The first-order chi connectivity index (χ1) is 16.2. The molecule has 1 aliphatic heterocycles. The third kappa shape index (κ3) is 4.89. The van der Waals surface area contributed by atoms with Gasteiger partial charge < -0.3 is 10.2 Å². The van der Waals surface area contributed by atoms with Crippen LogP contribution in [0.3, 0.4) is 0 Å². The van der Waals surface area contributed by atoms with E-state index in [1.54, 1.807) is 24.3 Å². The highest BCUT2D eigenvalue weighted by Gasteiger charge is 2.44. The molecule has 6 nitrogen and oxygen atoms in total. The van der Waals surface area contributed by atoms with Crippen molar-refractivity contribution in [2.24, 2.45) is 0 Å². The van der Waals surface area contributed by atoms with Crippen molar-refractivity contribution in [1.82, 2.24) is 5.32 Å². The Morgan fingerprint density at radius 3 is 2.44 bits per heavy atom. The smallest absolute Gasteiger partial charge is 0.186 e. The monoisotopic (exact) mass is 498 g/mol. The van der Waals surface area contributed by atoms with E-state index < -0.39 is 30.7 Å². The van der Waals surface area contributed by atoms with E-state index in [4.69, 9.17) is 0 Å². The van der Waals surface area contributed by atoms with Crippen molar-refractivity contribution in [3.05, 3.63) is 89.5 Å². The molecular formula is C26H30N2O4S2. The molecule has 3 aromatic carbocycles. The molecule has 0 saturated carbocycles. The summed E-state index contributed by atoms with van der Waals surface area (Å²) in [6, 6.07) is 21.5. The number of nitrogens with zero attached hydrogens (tertiary/aromatic N) is 1. The lowest BCUT2D eigenvalue weighted by Crippen LogP contribution is -2.32. The Balaban J connectivity index is 1.54. The van der Waals surface area contributed by atoms with Gasteiger partial charge in [-0.05, 0) is 60.9 Å². The van der Waals surface area contributed by atoms with Gasteiger partial charge in [-0.1, -0.05) is 42.5 Å². The fourth-order valence-electron chi connectivity index (χ4n) is 4.50. The third-order valence-electron chi connectivity index (χ3n) is 6.25. The van der Waals surface area contributed by atoms with Crippen LogP contribution in [-0.2, 0) is 26.2 Å². The highest BCUT2D eigenvalue weighted by Crippen LogP contribution is 2.42. The van der Waals surface area contributed by atoms with Crippen molar-refractivity contribution in [1.29, 1.82) is 0 Å². The molecule has 1 N–H and O–H groups in total. The van der Waals surface area contributed by atoms with Gasteiger partial charge in [-0.3, -0.25) is 0 Å². The van der Waals surface area contributed by atoms with Crippen LogP contribution in [0.1, 0.15) is 28.9 Å². The minimum absolute atomic E-state index is 0.131. The van der Waals surface area contributed by atoms with E-state index in [1.165, 1.54) is 23.8 Å². The lowest BCUT2D eigenvalue weighted by atomic mass is 10.1. The second-order valence-electron chi connectivity index (χ2n) is 8.55. The normalized spacial score (nSPS) is 16.8. The Hall–Kier alpha value is -2.68. The molecule has 0 spiro atoms. The van der Waals surface area contributed by atoms with E-state index in [0.29, 0.717) is 24.2 Å². The standard InChI is InChI=1S/C26H30N2O4S2/c1-3-28(22-11-7-9-20(2)17-22)16-15-27-18-21-10-8-14-24-26(21)25(19-33(24,29)30)34(31,32)23-12-5-4-6-13-23/h4-14,17,25,27H,3,15-16,18-19H2,1-2H3. The number of benzene rings is 3. The van der Waals surface area contributed by atoms with Gasteiger partial charge in [0.25, 0.3) is 0 Å². The van der Waals surface area contributed by atoms with Crippen LogP contribution < -0.4 is 10.2 Å². The van der Waals surface area contributed by atoms with Gasteiger partial charge in [0.15, 0.2) is 19.7 Å². The molecule has 1 atom stereocenters. The molecule has 4 rings (SSSR count). The number of hydrogen-bond donors (Lipinski definition) is 1. The van der Waals surface area contributed by atoms with Crippen molar-refractivity contribution in [2.45, 2.75) is 35.4 Å². The van der Waals surface area contributed by atoms with E-state index in [0.717, 1.165) is 18.8 Å². The maximum atomic E-state index is 13.4. The van der Waals surface area contributed by atoms with Gasteiger partial charge in [0.1, 0.15) is 5.25 Å². The number of hydrogen-bond acceptors (Lipinski definition) is 6. The van der Waals surface area contributed by atoms with Crippen LogP contribution in [-0.4, -0.2) is 42.2 Å². The van der Waals surface area contributed by atoms with Crippen molar-refractivity contribution in [3.8, 4) is 0 Å². The van der Waals surface area contributed by atoms with Crippen LogP contribution in [0.25, 0.3) is 0 Å². The van der Waals surface area contributed by atoms with Crippen LogP contribution in [0, 0.1) is 6.92 Å². The Labute approximate surface area is 202 Å². The van der Waals surface area contributed by atoms with Gasteiger partial charge in [0.05, 0.1) is 15.5 Å². The number of aryl methyl sites for hydroxylation is 1. The highest BCUT2D eigenvalue weighted by atomic mass is 32.2. The van der Waals surface area contributed by atoms with E-state index in [9.17, 15) is 16.8 Å². The first kappa shape index (κ1) is 24.4. The summed E-state index contributed by atoms with van der Waals surface area (Å²) in [4.78, 5) is 2.54. The quantitative estimate of drug-likeness (QED) is 0.451. The largest absolute Gasteiger partial charge is 0.371 e. The molecule has 0 aliphatic carbocycles. The zero-order chi connectivity index (χ0) is 24.3. The summed E-state index contributed by atoms with van der Waals surface area (Å²) in [6.45, 7) is 6.88. The Morgan fingerprint density at radius 2 is 1.74 bits per heavy atom. The van der Waals surface area contributed by atoms with E-state index in [-0.39, 0.29) is 9.79 Å². The van der Waals surface area contributed by atoms with Crippen LogP contribution in [0.2, 0.25) is 0 Å². The molecule has 8 heteroatoms. The number of anilines is 1. The Kier molecular flexibility index (Phi) is 7.12. The molecule has 0 bridgehead atoms. The summed E-state index contributed by atoms with van der Waals surface area (Å²) in [5.41, 5.74) is 3.48. The van der Waals surface area contributed by atoms with E-state index in [2.05, 4.69) is 42.3 Å². The van der Waals surface area contributed by atoms with Crippen molar-refractivity contribution < 1.29 is 16.8 Å². The predicted molar refractivity (Wildman–Crippen MR) is 136 cm³/mol. The van der Waals surface area contributed by atoms with Crippen molar-refractivity contribution >= 4 is 25.4 Å². The summed E-state index contributed by atoms with van der Waals surface area (Å²) in [5.74, 6) is -0.423. The molecule has 34 heavy (non-hydrogen) atoms. The number of fused-ring (bicyclic) bond motifs is 1. The zero-order valence-electron chi connectivity index (χ0n) is 19.4. The molecule has 180 valence electrons. The Morgan fingerprint density at radius 1 is 1.00 bits per heavy atom. The minimum Gasteiger partial charge on any atom is -0.371 e. The molecule has 0 fully saturated rings. The molecule has 0 aromatic heterocycles. The number of likely N-dealkylation sites (N-methyl/N-ethyl adjacent to an activating group) is 1. The first-order valence-corrected chi connectivity index (χ1v) is 14.6. The maximum Gasteiger partial charge on any atom is 0.186 e. The van der Waals surface area contributed by atoms with Crippen LogP contribution >= 0.6 is 0 Å². The topological polar surface area (TPSA) is 83.6 Å². The maximum absolute atomic E-state index is 13.4. The second-order valence-corrected chi connectivity index (χ2v) is 12.7. The van der Waals surface area contributed by atoms with Gasteiger partial charge in [-0.25, -0.2) is 16.8 Å². The summed E-state index contributed by atoms with van der Waals surface area (Å²) < 4.78 is 52.5. The van der Waals surface area contributed by atoms with Crippen LogP contribution in [0.5, 0.6) is 0 Å².